The molecule has 0 atom stereocenters. The van der Waals surface area contributed by atoms with E-state index in [4.69, 9.17) is 4.74 Å². The van der Waals surface area contributed by atoms with E-state index in [1.807, 2.05) is 0 Å². The van der Waals surface area contributed by atoms with Crippen LogP contribution < -0.4 is 5.32 Å². The van der Waals surface area contributed by atoms with Gasteiger partial charge in [0.15, 0.2) is 0 Å². The zero-order chi connectivity index (χ0) is 15.4. The van der Waals surface area contributed by atoms with Gasteiger partial charge in [0.1, 0.15) is 10.8 Å². The van der Waals surface area contributed by atoms with Gasteiger partial charge in [-0.05, 0) is 24.3 Å². The maximum Gasteiger partial charge on any atom is 0.286 e. The van der Waals surface area contributed by atoms with E-state index in [9.17, 15) is 9.18 Å². The third-order valence-corrected chi connectivity index (χ3v) is 4.13. The summed E-state index contributed by atoms with van der Waals surface area (Å²) in [6.07, 6.45) is 0. The Morgan fingerprint density at radius 2 is 2.00 bits per heavy atom. The highest BCUT2D eigenvalue weighted by atomic mass is 32.1. The molecule has 0 bridgehead atoms. The summed E-state index contributed by atoms with van der Waals surface area (Å²) in [4.78, 5) is 14.3. The number of aromatic nitrogens is 2. The number of nitrogens with one attached hydrogen (secondary N) is 1. The third kappa shape index (κ3) is 3.85. The number of anilines is 1. The molecule has 1 aromatic carbocycles. The molecule has 1 amide bonds. The molecular formula is C14H15FN4O2S. The average molecular weight is 322 g/mol. The standard InChI is InChI=1S/C14H15FN4O2S/c15-10-1-3-11(4-2-10)16-13(20)14-18-17-12(22-14)9-19-5-7-21-8-6-19/h1-4H,5-9H2,(H,16,20). The first-order chi connectivity index (χ1) is 10.7. The fourth-order valence-electron chi connectivity index (χ4n) is 2.08. The molecule has 6 nitrogen and oxygen atoms in total. The highest BCUT2D eigenvalue weighted by molar-refractivity contribution is 7.13. The van der Waals surface area contributed by atoms with E-state index in [0.717, 1.165) is 31.3 Å². The number of carbonyl (C=O) groups is 1. The van der Waals surface area contributed by atoms with Gasteiger partial charge in [-0.25, -0.2) is 4.39 Å². The van der Waals surface area contributed by atoms with Crippen LogP contribution in [-0.4, -0.2) is 47.3 Å². The molecular weight excluding hydrogens is 307 g/mol. The third-order valence-electron chi connectivity index (χ3n) is 3.23. The van der Waals surface area contributed by atoms with Crippen molar-refractivity contribution in [2.24, 2.45) is 0 Å². The van der Waals surface area contributed by atoms with Crippen molar-refractivity contribution in [3.8, 4) is 0 Å². The molecule has 0 saturated carbocycles. The maximum absolute atomic E-state index is 12.8. The molecule has 1 aliphatic heterocycles. The molecule has 2 heterocycles. The van der Waals surface area contributed by atoms with Crippen molar-refractivity contribution in [3.05, 3.63) is 40.1 Å². The Labute approximate surface area is 130 Å². The molecule has 1 saturated heterocycles. The highest BCUT2D eigenvalue weighted by Gasteiger charge is 2.16. The van der Waals surface area contributed by atoms with Crippen LogP contribution in [0.3, 0.4) is 0 Å². The van der Waals surface area contributed by atoms with Gasteiger partial charge in [-0.3, -0.25) is 9.69 Å². The van der Waals surface area contributed by atoms with Crippen LogP contribution in [0.25, 0.3) is 0 Å². The van der Waals surface area contributed by atoms with E-state index in [2.05, 4.69) is 20.4 Å². The van der Waals surface area contributed by atoms with Gasteiger partial charge in [-0.2, -0.15) is 0 Å². The van der Waals surface area contributed by atoms with Gasteiger partial charge in [0.05, 0.1) is 19.8 Å². The molecule has 0 radical (unpaired) electrons. The molecule has 0 spiro atoms. The normalized spacial score (nSPS) is 15.7. The lowest BCUT2D eigenvalue weighted by atomic mass is 10.3. The number of hydrogen-bond acceptors (Lipinski definition) is 6. The first kappa shape index (κ1) is 15.0. The van der Waals surface area contributed by atoms with E-state index in [1.54, 1.807) is 0 Å². The van der Waals surface area contributed by atoms with Crippen molar-refractivity contribution in [1.82, 2.24) is 15.1 Å². The molecule has 3 rings (SSSR count). The molecule has 1 N–H and O–H groups in total. The quantitative estimate of drug-likeness (QED) is 0.929. The Kier molecular flexibility index (Phi) is 4.71. The van der Waals surface area contributed by atoms with Gasteiger partial charge in [0, 0.05) is 18.8 Å². The van der Waals surface area contributed by atoms with E-state index < -0.39 is 0 Å². The molecule has 116 valence electrons. The number of carbonyl (C=O) groups excluding carboxylic acids is 1. The van der Waals surface area contributed by atoms with Crippen molar-refractivity contribution < 1.29 is 13.9 Å². The topological polar surface area (TPSA) is 67.4 Å². The summed E-state index contributed by atoms with van der Waals surface area (Å²) in [5.41, 5.74) is 0.524. The molecule has 1 fully saturated rings. The molecule has 2 aromatic rings. The number of rotatable bonds is 4. The zero-order valence-electron chi connectivity index (χ0n) is 11.8. The second-order valence-electron chi connectivity index (χ2n) is 4.85. The zero-order valence-corrected chi connectivity index (χ0v) is 12.6. The molecule has 8 heteroatoms. The summed E-state index contributed by atoms with van der Waals surface area (Å²) in [5, 5.41) is 11.7. The fraction of sp³-hybridized carbons (Fsp3) is 0.357. The minimum Gasteiger partial charge on any atom is -0.379 e. The molecule has 1 aromatic heterocycles. The van der Waals surface area contributed by atoms with E-state index in [1.165, 1.54) is 35.6 Å². The lowest BCUT2D eigenvalue weighted by molar-refractivity contribution is 0.0341. The van der Waals surface area contributed by atoms with Crippen molar-refractivity contribution in [3.63, 3.8) is 0 Å². The van der Waals surface area contributed by atoms with Gasteiger partial charge >= 0.3 is 0 Å². The lowest BCUT2D eigenvalue weighted by Crippen LogP contribution is -2.35. The smallest absolute Gasteiger partial charge is 0.286 e. The van der Waals surface area contributed by atoms with Crippen LogP contribution in [0.4, 0.5) is 10.1 Å². The number of hydrogen-bond donors (Lipinski definition) is 1. The largest absolute Gasteiger partial charge is 0.379 e. The number of morpholine rings is 1. The van der Waals surface area contributed by atoms with Crippen LogP contribution >= 0.6 is 11.3 Å². The Balaban J connectivity index is 1.60. The Hall–Kier alpha value is -1.90. The number of nitrogens with zero attached hydrogens (tertiary/aromatic N) is 3. The summed E-state index contributed by atoms with van der Waals surface area (Å²) in [5.74, 6) is -0.681. The minimum absolute atomic E-state index is 0.299. The van der Waals surface area contributed by atoms with Gasteiger partial charge < -0.3 is 10.1 Å². The Morgan fingerprint density at radius 1 is 1.27 bits per heavy atom. The number of halogens is 1. The summed E-state index contributed by atoms with van der Waals surface area (Å²) < 4.78 is 18.1. The summed E-state index contributed by atoms with van der Waals surface area (Å²) >= 11 is 1.27. The number of benzene rings is 1. The Morgan fingerprint density at radius 3 is 2.73 bits per heavy atom. The first-order valence-electron chi connectivity index (χ1n) is 6.90. The summed E-state index contributed by atoms with van der Waals surface area (Å²) in [7, 11) is 0. The van der Waals surface area contributed by atoms with Gasteiger partial charge in [-0.1, -0.05) is 11.3 Å². The van der Waals surface area contributed by atoms with Crippen molar-refractivity contribution in [1.29, 1.82) is 0 Å². The number of amides is 1. The summed E-state index contributed by atoms with van der Waals surface area (Å²) in [6.45, 7) is 3.83. The average Bonchev–Trinajstić information content (AvgIpc) is 2.99. The van der Waals surface area contributed by atoms with Crippen LogP contribution in [0.2, 0.25) is 0 Å². The second-order valence-corrected chi connectivity index (χ2v) is 5.91. The molecule has 0 aliphatic carbocycles. The van der Waals surface area contributed by atoms with E-state index in [-0.39, 0.29) is 11.7 Å². The molecule has 1 aliphatic rings. The van der Waals surface area contributed by atoms with Crippen LogP contribution in [-0.2, 0) is 11.3 Å². The van der Waals surface area contributed by atoms with Gasteiger partial charge in [0.2, 0.25) is 5.01 Å². The van der Waals surface area contributed by atoms with Gasteiger partial charge in [0.25, 0.3) is 5.91 Å². The fourth-order valence-corrected chi connectivity index (χ4v) is 2.85. The predicted octanol–water partition coefficient (Wildman–Crippen LogP) is 1.76. The van der Waals surface area contributed by atoms with Crippen molar-refractivity contribution >= 4 is 22.9 Å². The highest BCUT2D eigenvalue weighted by Crippen LogP contribution is 2.15. The lowest BCUT2D eigenvalue weighted by Gasteiger charge is -2.25. The van der Waals surface area contributed by atoms with Crippen LogP contribution in [0.5, 0.6) is 0 Å². The van der Waals surface area contributed by atoms with Gasteiger partial charge in [-0.15, -0.1) is 10.2 Å². The SMILES string of the molecule is O=C(Nc1ccc(F)cc1)c1nnc(CN2CCOCC2)s1. The predicted molar refractivity (Wildman–Crippen MR) is 80.4 cm³/mol. The minimum atomic E-state index is -0.346. The Bertz CT molecular complexity index is 641. The maximum atomic E-state index is 12.8. The molecule has 22 heavy (non-hydrogen) atoms. The van der Waals surface area contributed by atoms with E-state index in [0.29, 0.717) is 17.2 Å². The first-order valence-corrected chi connectivity index (χ1v) is 7.72. The van der Waals surface area contributed by atoms with Crippen LogP contribution in [0.15, 0.2) is 24.3 Å². The summed E-state index contributed by atoms with van der Waals surface area (Å²) in [6, 6.07) is 5.59. The van der Waals surface area contributed by atoms with E-state index >= 15 is 0 Å². The van der Waals surface area contributed by atoms with Crippen molar-refractivity contribution in [2.75, 3.05) is 31.6 Å². The van der Waals surface area contributed by atoms with Crippen molar-refractivity contribution in [2.45, 2.75) is 6.54 Å². The van der Waals surface area contributed by atoms with Crippen LogP contribution in [0, 0.1) is 5.82 Å². The number of ether oxygens (including phenoxy) is 1. The second kappa shape index (κ2) is 6.91. The molecule has 0 unspecified atom stereocenters. The monoisotopic (exact) mass is 322 g/mol. The van der Waals surface area contributed by atoms with Crippen LogP contribution in [0.1, 0.15) is 14.8 Å².